The molecule has 0 bridgehead atoms. The van der Waals surface area contributed by atoms with Gasteiger partial charge in [0.25, 0.3) is 5.56 Å². The SMILES string of the molecule is O=c1cnc2ccccc2n1Cc1ccc(C(F)(F)F)cc1. The van der Waals surface area contributed by atoms with Gasteiger partial charge in [0.15, 0.2) is 0 Å². The lowest BCUT2D eigenvalue weighted by atomic mass is 10.1. The van der Waals surface area contributed by atoms with E-state index in [9.17, 15) is 18.0 Å². The number of halogens is 3. The highest BCUT2D eigenvalue weighted by atomic mass is 19.4. The Kier molecular flexibility index (Phi) is 3.44. The van der Waals surface area contributed by atoms with Crippen LogP contribution in [0.4, 0.5) is 13.2 Å². The first kappa shape index (κ1) is 14.3. The van der Waals surface area contributed by atoms with Crippen molar-refractivity contribution >= 4 is 11.0 Å². The summed E-state index contributed by atoms with van der Waals surface area (Å²) >= 11 is 0. The molecule has 0 unspecified atom stereocenters. The summed E-state index contributed by atoms with van der Waals surface area (Å²) in [6, 6.07) is 11.9. The summed E-state index contributed by atoms with van der Waals surface area (Å²) in [7, 11) is 0. The van der Waals surface area contributed by atoms with Gasteiger partial charge >= 0.3 is 6.18 Å². The van der Waals surface area contributed by atoms with Crippen LogP contribution >= 0.6 is 0 Å². The highest BCUT2D eigenvalue weighted by Crippen LogP contribution is 2.29. The number of fused-ring (bicyclic) bond motifs is 1. The minimum Gasteiger partial charge on any atom is -0.301 e. The van der Waals surface area contributed by atoms with Gasteiger partial charge in [-0.05, 0) is 29.8 Å². The molecule has 0 aliphatic carbocycles. The van der Waals surface area contributed by atoms with Crippen molar-refractivity contribution in [1.82, 2.24) is 9.55 Å². The van der Waals surface area contributed by atoms with Gasteiger partial charge in [-0.25, -0.2) is 4.98 Å². The first-order valence-electron chi connectivity index (χ1n) is 6.56. The third kappa shape index (κ3) is 2.72. The van der Waals surface area contributed by atoms with Gasteiger partial charge in [0.05, 0.1) is 29.3 Å². The molecule has 0 saturated carbocycles. The molecule has 3 aromatic rings. The predicted octanol–water partition coefficient (Wildman–Crippen LogP) is 3.46. The number of hydrogen-bond acceptors (Lipinski definition) is 2. The molecule has 0 atom stereocenters. The van der Waals surface area contributed by atoms with Gasteiger partial charge < -0.3 is 4.57 Å². The van der Waals surface area contributed by atoms with E-state index in [1.54, 1.807) is 18.2 Å². The lowest BCUT2D eigenvalue weighted by Gasteiger charge is -2.11. The molecule has 0 fully saturated rings. The molecule has 0 amide bonds. The third-order valence-corrected chi connectivity index (χ3v) is 3.37. The summed E-state index contributed by atoms with van der Waals surface area (Å²) < 4.78 is 39.2. The standard InChI is InChI=1S/C16H11F3N2O/c17-16(18,19)12-7-5-11(6-8-12)10-21-14-4-2-1-3-13(14)20-9-15(21)22/h1-9H,10H2. The molecule has 3 nitrogen and oxygen atoms in total. The van der Waals surface area contributed by atoms with E-state index in [4.69, 9.17) is 0 Å². The fourth-order valence-corrected chi connectivity index (χ4v) is 2.26. The molecule has 3 rings (SSSR count). The van der Waals surface area contributed by atoms with Crippen LogP contribution in [0.1, 0.15) is 11.1 Å². The molecular formula is C16H11F3N2O. The lowest BCUT2D eigenvalue weighted by molar-refractivity contribution is -0.137. The smallest absolute Gasteiger partial charge is 0.301 e. The quantitative estimate of drug-likeness (QED) is 0.726. The zero-order chi connectivity index (χ0) is 15.7. The molecule has 0 N–H and O–H groups in total. The Morgan fingerprint density at radius 3 is 2.36 bits per heavy atom. The van der Waals surface area contributed by atoms with E-state index >= 15 is 0 Å². The van der Waals surface area contributed by atoms with E-state index in [2.05, 4.69) is 4.98 Å². The first-order chi connectivity index (χ1) is 10.4. The van der Waals surface area contributed by atoms with Crippen LogP contribution in [-0.2, 0) is 12.7 Å². The van der Waals surface area contributed by atoms with Crippen molar-refractivity contribution < 1.29 is 13.2 Å². The second-order valence-corrected chi connectivity index (χ2v) is 4.87. The number of rotatable bonds is 2. The second kappa shape index (κ2) is 5.29. The Morgan fingerprint density at radius 1 is 1.00 bits per heavy atom. The van der Waals surface area contributed by atoms with Crippen LogP contribution in [0.25, 0.3) is 11.0 Å². The molecule has 2 aromatic carbocycles. The van der Waals surface area contributed by atoms with E-state index in [1.807, 2.05) is 6.07 Å². The maximum atomic E-state index is 12.6. The molecule has 1 aromatic heterocycles. The zero-order valence-electron chi connectivity index (χ0n) is 11.3. The molecular weight excluding hydrogens is 293 g/mol. The maximum Gasteiger partial charge on any atom is 0.416 e. The topological polar surface area (TPSA) is 34.9 Å². The van der Waals surface area contributed by atoms with E-state index in [0.717, 1.165) is 12.1 Å². The minimum absolute atomic E-state index is 0.194. The van der Waals surface area contributed by atoms with Gasteiger partial charge in [0.1, 0.15) is 0 Å². The van der Waals surface area contributed by atoms with E-state index < -0.39 is 11.7 Å². The average molecular weight is 304 g/mol. The van der Waals surface area contributed by atoms with Crippen molar-refractivity contribution in [3.8, 4) is 0 Å². The summed E-state index contributed by atoms with van der Waals surface area (Å²) in [4.78, 5) is 16.0. The van der Waals surface area contributed by atoms with Crippen LogP contribution in [-0.4, -0.2) is 9.55 Å². The highest BCUT2D eigenvalue weighted by molar-refractivity contribution is 5.74. The van der Waals surface area contributed by atoms with Crippen LogP contribution in [0.5, 0.6) is 0 Å². The normalized spacial score (nSPS) is 11.8. The second-order valence-electron chi connectivity index (χ2n) is 4.87. The molecule has 0 aliphatic heterocycles. The van der Waals surface area contributed by atoms with Gasteiger partial charge in [-0.1, -0.05) is 24.3 Å². The van der Waals surface area contributed by atoms with E-state index in [0.29, 0.717) is 16.6 Å². The Balaban J connectivity index is 2.00. The Hall–Kier alpha value is -2.63. The zero-order valence-corrected chi connectivity index (χ0v) is 11.3. The van der Waals surface area contributed by atoms with Crippen LogP contribution in [0.2, 0.25) is 0 Å². The fourth-order valence-electron chi connectivity index (χ4n) is 2.26. The molecule has 0 aliphatic rings. The number of aromatic nitrogens is 2. The molecule has 112 valence electrons. The lowest BCUT2D eigenvalue weighted by Crippen LogP contribution is -2.21. The van der Waals surface area contributed by atoms with Crippen molar-refractivity contribution in [2.45, 2.75) is 12.7 Å². The average Bonchev–Trinajstić information content (AvgIpc) is 2.50. The van der Waals surface area contributed by atoms with Crippen LogP contribution < -0.4 is 5.56 Å². The van der Waals surface area contributed by atoms with Gasteiger partial charge in [0.2, 0.25) is 0 Å². The van der Waals surface area contributed by atoms with Crippen molar-refractivity contribution in [2.75, 3.05) is 0 Å². The monoisotopic (exact) mass is 304 g/mol. The maximum absolute atomic E-state index is 12.6. The highest BCUT2D eigenvalue weighted by Gasteiger charge is 2.29. The van der Waals surface area contributed by atoms with Crippen LogP contribution in [0.15, 0.2) is 59.5 Å². The molecule has 1 heterocycles. The summed E-state index contributed by atoms with van der Waals surface area (Å²) in [5, 5.41) is 0. The van der Waals surface area contributed by atoms with Gasteiger partial charge in [-0.2, -0.15) is 13.2 Å². The largest absolute Gasteiger partial charge is 0.416 e. The molecule has 0 saturated heterocycles. The fraction of sp³-hybridized carbons (Fsp3) is 0.125. The number of nitrogens with zero attached hydrogens (tertiary/aromatic N) is 2. The number of hydrogen-bond donors (Lipinski definition) is 0. The Labute approximate surface area is 123 Å². The summed E-state index contributed by atoms with van der Waals surface area (Å²) in [6.07, 6.45) is -3.15. The van der Waals surface area contributed by atoms with Gasteiger partial charge in [-0.15, -0.1) is 0 Å². The third-order valence-electron chi connectivity index (χ3n) is 3.37. The van der Waals surface area contributed by atoms with Gasteiger partial charge in [0, 0.05) is 0 Å². The number of benzene rings is 2. The molecule has 0 radical (unpaired) electrons. The number of alkyl halides is 3. The molecule has 0 spiro atoms. The summed E-state index contributed by atoms with van der Waals surface area (Å²) in [5.74, 6) is 0. The van der Waals surface area contributed by atoms with Crippen molar-refractivity contribution in [3.05, 3.63) is 76.2 Å². The van der Waals surface area contributed by atoms with Crippen LogP contribution in [0, 0.1) is 0 Å². The van der Waals surface area contributed by atoms with E-state index in [1.165, 1.54) is 22.9 Å². The summed E-state index contributed by atoms with van der Waals surface area (Å²) in [5.41, 5.74) is 0.928. The van der Waals surface area contributed by atoms with E-state index in [-0.39, 0.29) is 12.1 Å². The minimum atomic E-state index is -4.36. The van der Waals surface area contributed by atoms with Crippen molar-refractivity contribution in [1.29, 1.82) is 0 Å². The first-order valence-corrected chi connectivity index (χ1v) is 6.56. The molecule has 22 heavy (non-hydrogen) atoms. The van der Waals surface area contributed by atoms with Crippen LogP contribution in [0.3, 0.4) is 0 Å². The predicted molar refractivity (Wildman–Crippen MR) is 76.5 cm³/mol. The van der Waals surface area contributed by atoms with Gasteiger partial charge in [-0.3, -0.25) is 4.79 Å². The number of para-hydroxylation sites is 2. The molecule has 6 heteroatoms. The van der Waals surface area contributed by atoms with Crippen molar-refractivity contribution in [3.63, 3.8) is 0 Å². The Bertz CT molecular complexity index is 867. The van der Waals surface area contributed by atoms with Crippen molar-refractivity contribution in [2.24, 2.45) is 0 Å². The summed E-state index contributed by atoms with van der Waals surface area (Å²) in [6.45, 7) is 0.194. The Morgan fingerprint density at radius 2 is 1.68 bits per heavy atom.